The van der Waals surface area contributed by atoms with Crippen molar-refractivity contribution in [3.05, 3.63) is 48.5 Å². The van der Waals surface area contributed by atoms with Gasteiger partial charge in [0.25, 0.3) is 0 Å². The predicted molar refractivity (Wildman–Crippen MR) is 114 cm³/mol. The average molecular weight is 411 g/mol. The summed E-state index contributed by atoms with van der Waals surface area (Å²) in [7, 11) is 0. The van der Waals surface area contributed by atoms with Gasteiger partial charge in [-0.15, -0.1) is 0 Å². The largest absolute Gasteiger partial charge is 0.368 e. The van der Waals surface area contributed by atoms with Crippen LogP contribution in [-0.4, -0.2) is 57.8 Å². The molecule has 29 heavy (non-hydrogen) atoms. The van der Waals surface area contributed by atoms with Crippen molar-refractivity contribution in [1.29, 1.82) is 0 Å². The van der Waals surface area contributed by atoms with Crippen molar-refractivity contribution in [2.75, 3.05) is 36.4 Å². The van der Waals surface area contributed by atoms with E-state index in [9.17, 15) is 9.59 Å². The maximum absolute atomic E-state index is 12.6. The predicted octanol–water partition coefficient (Wildman–Crippen LogP) is 2.55. The van der Waals surface area contributed by atoms with Gasteiger partial charge in [-0.3, -0.25) is 4.79 Å². The molecular formula is C20H22N6O2S. The number of piperazine rings is 1. The quantitative estimate of drug-likeness (QED) is 0.690. The van der Waals surface area contributed by atoms with E-state index in [0.717, 1.165) is 36.0 Å². The molecule has 1 aliphatic heterocycles. The van der Waals surface area contributed by atoms with Gasteiger partial charge in [0, 0.05) is 31.9 Å². The number of rotatable bonds is 4. The number of urea groups is 1. The summed E-state index contributed by atoms with van der Waals surface area (Å²) in [5.41, 5.74) is 3.15. The van der Waals surface area contributed by atoms with Crippen LogP contribution < -0.4 is 15.5 Å². The SMILES string of the molecule is C[C@H](NC(=O)N1CCN(c2ccccc2)CC1)C(=O)Nc1cccc2nsnc12. The van der Waals surface area contributed by atoms with Gasteiger partial charge in [0.1, 0.15) is 17.1 Å². The highest BCUT2D eigenvalue weighted by Crippen LogP contribution is 2.21. The fourth-order valence-corrected chi connectivity index (χ4v) is 3.85. The second kappa shape index (κ2) is 8.44. The van der Waals surface area contributed by atoms with E-state index in [0.29, 0.717) is 24.3 Å². The minimum atomic E-state index is -0.670. The topological polar surface area (TPSA) is 90.5 Å². The Balaban J connectivity index is 1.30. The van der Waals surface area contributed by atoms with E-state index in [-0.39, 0.29) is 11.9 Å². The number of benzene rings is 2. The van der Waals surface area contributed by atoms with E-state index in [1.165, 1.54) is 0 Å². The molecule has 0 radical (unpaired) electrons. The van der Waals surface area contributed by atoms with Crippen molar-refractivity contribution >= 4 is 46.1 Å². The first kappa shape index (κ1) is 19.1. The Labute approximate surface area is 172 Å². The number of aromatic nitrogens is 2. The van der Waals surface area contributed by atoms with Gasteiger partial charge in [-0.05, 0) is 31.2 Å². The number of hydrogen-bond donors (Lipinski definition) is 2. The molecule has 4 rings (SSSR count). The lowest BCUT2D eigenvalue weighted by molar-refractivity contribution is -0.117. The third-order valence-electron chi connectivity index (χ3n) is 4.97. The minimum absolute atomic E-state index is 0.228. The Bertz CT molecular complexity index is 1000. The lowest BCUT2D eigenvalue weighted by atomic mass is 10.2. The molecule has 0 aliphatic carbocycles. The van der Waals surface area contributed by atoms with Crippen LogP contribution in [0.15, 0.2) is 48.5 Å². The van der Waals surface area contributed by atoms with E-state index >= 15 is 0 Å². The van der Waals surface area contributed by atoms with Crippen LogP contribution in [0, 0.1) is 0 Å². The second-order valence-electron chi connectivity index (χ2n) is 6.91. The van der Waals surface area contributed by atoms with Crippen molar-refractivity contribution in [3.63, 3.8) is 0 Å². The number of anilines is 2. The number of nitrogens with zero attached hydrogens (tertiary/aromatic N) is 4. The zero-order valence-electron chi connectivity index (χ0n) is 16.0. The van der Waals surface area contributed by atoms with Gasteiger partial charge < -0.3 is 20.4 Å². The molecule has 1 aliphatic rings. The van der Waals surface area contributed by atoms with Gasteiger partial charge in [0.15, 0.2) is 0 Å². The van der Waals surface area contributed by atoms with Crippen molar-refractivity contribution < 1.29 is 9.59 Å². The van der Waals surface area contributed by atoms with Gasteiger partial charge in [0.05, 0.1) is 17.4 Å². The molecule has 8 nitrogen and oxygen atoms in total. The van der Waals surface area contributed by atoms with Crippen LogP contribution in [0.2, 0.25) is 0 Å². The molecule has 2 N–H and O–H groups in total. The molecule has 150 valence electrons. The normalized spacial score (nSPS) is 15.2. The van der Waals surface area contributed by atoms with Crippen molar-refractivity contribution in [3.8, 4) is 0 Å². The van der Waals surface area contributed by atoms with Crippen LogP contribution in [0.1, 0.15) is 6.92 Å². The van der Waals surface area contributed by atoms with Gasteiger partial charge in [-0.25, -0.2) is 4.79 Å². The zero-order chi connectivity index (χ0) is 20.2. The maximum atomic E-state index is 12.6. The minimum Gasteiger partial charge on any atom is -0.368 e. The summed E-state index contributed by atoms with van der Waals surface area (Å²) >= 11 is 1.10. The molecule has 9 heteroatoms. The molecule has 0 unspecified atom stereocenters. The molecule has 1 atom stereocenters. The smallest absolute Gasteiger partial charge is 0.318 e. The monoisotopic (exact) mass is 410 g/mol. The van der Waals surface area contributed by atoms with Gasteiger partial charge in [0.2, 0.25) is 5.91 Å². The first-order valence-electron chi connectivity index (χ1n) is 9.49. The second-order valence-corrected chi connectivity index (χ2v) is 7.44. The van der Waals surface area contributed by atoms with Crippen LogP contribution in [0.5, 0.6) is 0 Å². The lowest BCUT2D eigenvalue weighted by Crippen LogP contribution is -2.54. The van der Waals surface area contributed by atoms with Crippen LogP contribution in [0.25, 0.3) is 11.0 Å². The van der Waals surface area contributed by atoms with Crippen molar-refractivity contribution in [2.45, 2.75) is 13.0 Å². The molecule has 2 heterocycles. The third kappa shape index (κ3) is 4.29. The number of para-hydroxylation sites is 1. The molecule has 0 spiro atoms. The Hall–Kier alpha value is -3.20. The summed E-state index contributed by atoms with van der Waals surface area (Å²) in [4.78, 5) is 29.1. The first-order valence-corrected chi connectivity index (χ1v) is 10.2. The van der Waals surface area contributed by atoms with E-state index in [1.54, 1.807) is 17.9 Å². The summed E-state index contributed by atoms with van der Waals surface area (Å²) < 4.78 is 8.38. The summed E-state index contributed by atoms with van der Waals surface area (Å²) in [6.45, 7) is 4.41. The van der Waals surface area contributed by atoms with E-state index in [2.05, 4.69) is 36.4 Å². The fourth-order valence-electron chi connectivity index (χ4n) is 3.30. The van der Waals surface area contributed by atoms with Gasteiger partial charge in [-0.2, -0.15) is 8.75 Å². The molecular weight excluding hydrogens is 388 g/mol. The molecule has 0 saturated carbocycles. The van der Waals surface area contributed by atoms with Crippen LogP contribution in [-0.2, 0) is 4.79 Å². The maximum Gasteiger partial charge on any atom is 0.318 e. The van der Waals surface area contributed by atoms with E-state index < -0.39 is 6.04 Å². The molecule has 3 amide bonds. The zero-order valence-corrected chi connectivity index (χ0v) is 16.9. The summed E-state index contributed by atoms with van der Waals surface area (Å²) in [6.07, 6.45) is 0. The third-order valence-corrected chi connectivity index (χ3v) is 5.51. The number of hydrogen-bond acceptors (Lipinski definition) is 6. The van der Waals surface area contributed by atoms with Crippen molar-refractivity contribution in [2.24, 2.45) is 0 Å². The number of fused-ring (bicyclic) bond motifs is 1. The fraction of sp³-hybridized carbons (Fsp3) is 0.300. The Morgan fingerprint density at radius 2 is 1.76 bits per heavy atom. The summed E-state index contributed by atoms with van der Waals surface area (Å²) in [6, 6.07) is 14.7. The Morgan fingerprint density at radius 1 is 1.00 bits per heavy atom. The Kier molecular flexibility index (Phi) is 5.57. The number of nitrogens with one attached hydrogen (secondary N) is 2. The lowest BCUT2D eigenvalue weighted by Gasteiger charge is -2.36. The van der Waals surface area contributed by atoms with Gasteiger partial charge >= 0.3 is 6.03 Å². The summed E-state index contributed by atoms with van der Waals surface area (Å²) in [5.74, 6) is -0.290. The van der Waals surface area contributed by atoms with Gasteiger partial charge in [-0.1, -0.05) is 24.3 Å². The highest BCUT2D eigenvalue weighted by molar-refractivity contribution is 7.00. The van der Waals surface area contributed by atoms with Crippen LogP contribution in [0.3, 0.4) is 0 Å². The highest BCUT2D eigenvalue weighted by Gasteiger charge is 2.24. The van der Waals surface area contributed by atoms with Crippen LogP contribution in [0.4, 0.5) is 16.2 Å². The molecule has 1 saturated heterocycles. The van der Waals surface area contributed by atoms with E-state index in [1.807, 2.05) is 30.3 Å². The number of carbonyl (C=O) groups is 2. The molecule has 2 aromatic carbocycles. The van der Waals surface area contributed by atoms with Crippen LogP contribution >= 0.6 is 11.7 Å². The van der Waals surface area contributed by atoms with E-state index in [4.69, 9.17) is 0 Å². The Morgan fingerprint density at radius 3 is 2.52 bits per heavy atom. The number of carbonyl (C=O) groups excluding carboxylic acids is 2. The molecule has 1 fully saturated rings. The highest BCUT2D eigenvalue weighted by atomic mass is 32.1. The first-order chi connectivity index (χ1) is 14.1. The average Bonchev–Trinajstić information content (AvgIpc) is 3.24. The van der Waals surface area contributed by atoms with Crippen molar-refractivity contribution in [1.82, 2.24) is 19.0 Å². The molecule has 0 bridgehead atoms. The standard InChI is InChI=1S/C20H22N6O2S/c1-14(19(27)22-16-8-5-9-17-18(16)24-29-23-17)21-20(28)26-12-10-25(11-13-26)15-6-3-2-4-7-15/h2-9,14H,10-13H2,1H3,(H,21,28)(H,22,27)/t14-/m0/s1. The molecule has 1 aromatic heterocycles. The number of amides is 3. The molecule has 3 aromatic rings. The summed E-state index contributed by atoms with van der Waals surface area (Å²) in [5, 5.41) is 5.62.